The van der Waals surface area contributed by atoms with Crippen LogP contribution in [0.4, 0.5) is 4.79 Å². The van der Waals surface area contributed by atoms with Crippen LogP contribution in [0.3, 0.4) is 0 Å². The largest absolute Gasteiger partial charge is 0.489 e. The van der Waals surface area contributed by atoms with E-state index in [1.807, 2.05) is 36.4 Å². The Morgan fingerprint density at radius 1 is 0.732 bits per heavy atom. The van der Waals surface area contributed by atoms with Gasteiger partial charge in [0.15, 0.2) is 0 Å². The summed E-state index contributed by atoms with van der Waals surface area (Å²) in [5.74, 6) is -1.95. The second kappa shape index (κ2) is 16.3. The summed E-state index contributed by atoms with van der Waals surface area (Å²) < 4.78 is 11.2. The van der Waals surface area contributed by atoms with E-state index in [1.54, 1.807) is 48.5 Å². The van der Waals surface area contributed by atoms with Crippen LogP contribution >= 0.6 is 0 Å². The van der Waals surface area contributed by atoms with Crippen LogP contribution in [0.25, 0.3) is 0 Å². The molecule has 41 heavy (non-hydrogen) atoms. The number of carbonyl (C=O) groups is 4. The molecule has 0 aromatic heterocycles. The maximum absolute atomic E-state index is 13.2. The number of aliphatic hydroxyl groups excluding tert-OH is 1. The van der Waals surface area contributed by atoms with Crippen LogP contribution in [0.15, 0.2) is 84.9 Å². The number of hydrogen-bond acceptors (Lipinski definition) is 7. The van der Waals surface area contributed by atoms with Gasteiger partial charge in [-0.1, -0.05) is 78.9 Å². The minimum absolute atomic E-state index is 0.0436. The average molecular weight is 564 g/mol. The second-order valence-electron chi connectivity index (χ2n) is 8.98. The molecule has 0 bridgehead atoms. The van der Waals surface area contributed by atoms with Crippen LogP contribution in [-0.4, -0.2) is 53.2 Å². The molecule has 5 N–H and O–H groups in total. The maximum Gasteiger partial charge on any atom is 0.408 e. The van der Waals surface area contributed by atoms with Crippen molar-refractivity contribution in [3.05, 3.63) is 102 Å². The Morgan fingerprint density at radius 3 is 1.98 bits per heavy atom. The zero-order chi connectivity index (χ0) is 29.5. The summed E-state index contributed by atoms with van der Waals surface area (Å²) in [4.78, 5) is 48.4. The van der Waals surface area contributed by atoms with Gasteiger partial charge in [-0.25, -0.2) is 4.79 Å². The number of aliphatic hydroxyl groups is 1. The first kappa shape index (κ1) is 30.6. The van der Waals surface area contributed by atoms with E-state index in [4.69, 9.17) is 14.6 Å². The average Bonchev–Trinajstić information content (AvgIpc) is 2.98. The Labute approximate surface area is 237 Å². The number of alkyl carbamates (subject to hydrolysis) is 1. The molecule has 2 atom stereocenters. The van der Waals surface area contributed by atoms with E-state index in [9.17, 15) is 24.3 Å². The van der Waals surface area contributed by atoms with Crippen LogP contribution < -0.4 is 20.7 Å². The number of carboxylic acid groups (broad SMARTS) is 1. The second-order valence-corrected chi connectivity index (χ2v) is 8.98. The number of carbonyl (C=O) groups excluding carboxylic acids is 3. The molecule has 0 saturated heterocycles. The lowest BCUT2D eigenvalue weighted by molar-refractivity contribution is -0.137. The third-order valence-corrected chi connectivity index (χ3v) is 5.87. The fourth-order valence-corrected chi connectivity index (χ4v) is 3.76. The smallest absolute Gasteiger partial charge is 0.408 e. The summed E-state index contributed by atoms with van der Waals surface area (Å²) in [5.41, 5.74) is 1.89. The van der Waals surface area contributed by atoms with Crippen LogP contribution in [0.1, 0.15) is 35.6 Å². The van der Waals surface area contributed by atoms with E-state index < -0.39 is 36.0 Å². The SMILES string of the molecule is O=C(O)CCNC(=O)CCNC(=O)[C@@H](NC(=O)OCc1ccccc1)[C@H](O)c1ccccc1OCc1ccccc1. The summed E-state index contributed by atoms with van der Waals surface area (Å²) in [5, 5.41) is 27.4. The van der Waals surface area contributed by atoms with E-state index in [1.165, 1.54) is 0 Å². The lowest BCUT2D eigenvalue weighted by atomic mass is 10.0. The zero-order valence-corrected chi connectivity index (χ0v) is 22.3. The van der Waals surface area contributed by atoms with E-state index in [0.717, 1.165) is 11.1 Å². The predicted octanol–water partition coefficient (Wildman–Crippen LogP) is 2.69. The number of carboxylic acids is 1. The van der Waals surface area contributed by atoms with Gasteiger partial charge in [-0.3, -0.25) is 14.4 Å². The molecular weight excluding hydrogens is 530 g/mol. The monoisotopic (exact) mass is 563 g/mol. The van der Waals surface area contributed by atoms with Crippen molar-refractivity contribution >= 4 is 23.9 Å². The van der Waals surface area contributed by atoms with Gasteiger partial charge in [0.05, 0.1) is 6.42 Å². The van der Waals surface area contributed by atoms with Crippen molar-refractivity contribution in [2.24, 2.45) is 0 Å². The van der Waals surface area contributed by atoms with Crippen LogP contribution in [0.5, 0.6) is 5.75 Å². The molecule has 3 aromatic carbocycles. The Hall–Kier alpha value is -4.90. The normalized spacial score (nSPS) is 11.9. The molecule has 3 rings (SSSR count). The van der Waals surface area contributed by atoms with Crippen molar-refractivity contribution in [2.45, 2.75) is 38.2 Å². The lowest BCUT2D eigenvalue weighted by Crippen LogP contribution is -2.50. The first-order valence-corrected chi connectivity index (χ1v) is 13.0. The highest BCUT2D eigenvalue weighted by Gasteiger charge is 2.32. The molecule has 0 radical (unpaired) electrons. The molecule has 0 fully saturated rings. The third-order valence-electron chi connectivity index (χ3n) is 5.87. The number of rotatable bonds is 15. The molecule has 216 valence electrons. The van der Waals surface area contributed by atoms with Crippen molar-refractivity contribution < 1.29 is 38.9 Å². The molecule has 11 heteroatoms. The van der Waals surface area contributed by atoms with Crippen LogP contribution in [0, 0.1) is 0 Å². The number of ether oxygens (including phenoxy) is 2. The van der Waals surface area contributed by atoms with Gasteiger partial charge in [-0.15, -0.1) is 0 Å². The van der Waals surface area contributed by atoms with Gasteiger partial charge >= 0.3 is 12.1 Å². The summed E-state index contributed by atoms with van der Waals surface area (Å²) >= 11 is 0. The molecule has 3 aromatic rings. The number of amides is 3. The molecule has 11 nitrogen and oxygen atoms in total. The van der Waals surface area contributed by atoms with E-state index >= 15 is 0 Å². The summed E-state index contributed by atoms with van der Waals surface area (Å²) in [7, 11) is 0. The summed E-state index contributed by atoms with van der Waals surface area (Å²) in [6.45, 7) is 0.00124. The standard InChI is InChI=1S/C30H33N3O8/c34-25(31-18-16-26(35)36)15-17-32-29(38)27(33-30(39)41-20-22-11-5-2-6-12-22)28(37)23-13-7-8-14-24(23)40-19-21-9-3-1-4-10-21/h1-14,27-28,37H,15-20H2,(H,31,34)(H,32,38)(H,33,39)(H,35,36)/t27-,28+/m0/s1. The Balaban J connectivity index is 1.69. The Kier molecular flexibility index (Phi) is 12.2. The zero-order valence-electron chi connectivity index (χ0n) is 22.3. The number of para-hydroxylation sites is 1. The fourth-order valence-electron chi connectivity index (χ4n) is 3.76. The molecule has 0 aliphatic carbocycles. The minimum Gasteiger partial charge on any atom is -0.489 e. The molecular formula is C30H33N3O8. The first-order valence-electron chi connectivity index (χ1n) is 13.0. The molecule has 0 aliphatic rings. The summed E-state index contributed by atoms with van der Waals surface area (Å²) in [6, 6.07) is 23.5. The number of nitrogens with one attached hydrogen (secondary N) is 3. The Bertz CT molecular complexity index is 1290. The van der Waals surface area contributed by atoms with Gasteiger partial charge in [-0.05, 0) is 17.2 Å². The molecule has 0 heterocycles. The van der Waals surface area contributed by atoms with Crippen LogP contribution in [0.2, 0.25) is 0 Å². The predicted molar refractivity (Wildman–Crippen MR) is 149 cm³/mol. The molecule has 0 unspecified atom stereocenters. The van der Waals surface area contributed by atoms with Crippen molar-refractivity contribution in [3.8, 4) is 5.75 Å². The van der Waals surface area contributed by atoms with E-state index in [2.05, 4.69) is 16.0 Å². The highest BCUT2D eigenvalue weighted by atomic mass is 16.5. The van der Waals surface area contributed by atoms with Gasteiger partial charge in [0.2, 0.25) is 11.8 Å². The fraction of sp³-hybridized carbons (Fsp3) is 0.267. The number of hydrogen-bond donors (Lipinski definition) is 5. The van der Waals surface area contributed by atoms with Crippen molar-refractivity contribution in [3.63, 3.8) is 0 Å². The maximum atomic E-state index is 13.2. The molecule has 0 saturated carbocycles. The van der Waals surface area contributed by atoms with Crippen molar-refractivity contribution in [1.82, 2.24) is 16.0 Å². The number of benzene rings is 3. The number of aliphatic carboxylic acids is 1. The van der Waals surface area contributed by atoms with Gasteiger partial charge in [0.1, 0.15) is 31.1 Å². The quantitative estimate of drug-likeness (QED) is 0.188. The highest BCUT2D eigenvalue weighted by Crippen LogP contribution is 2.28. The van der Waals surface area contributed by atoms with Gasteiger partial charge in [0.25, 0.3) is 0 Å². The van der Waals surface area contributed by atoms with Gasteiger partial charge in [-0.2, -0.15) is 0 Å². The summed E-state index contributed by atoms with van der Waals surface area (Å²) in [6.07, 6.45) is -2.82. The van der Waals surface area contributed by atoms with Crippen LogP contribution in [-0.2, 0) is 32.3 Å². The molecule has 0 spiro atoms. The minimum atomic E-state index is -1.53. The molecule has 3 amide bonds. The molecule has 0 aliphatic heterocycles. The van der Waals surface area contributed by atoms with Gasteiger partial charge in [0, 0.05) is 25.1 Å². The van der Waals surface area contributed by atoms with Crippen molar-refractivity contribution in [2.75, 3.05) is 13.1 Å². The van der Waals surface area contributed by atoms with E-state index in [-0.39, 0.29) is 44.7 Å². The van der Waals surface area contributed by atoms with E-state index in [0.29, 0.717) is 5.75 Å². The van der Waals surface area contributed by atoms with Gasteiger partial charge < -0.3 is 35.6 Å². The third kappa shape index (κ3) is 10.6. The van der Waals surface area contributed by atoms with Crippen molar-refractivity contribution in [1.29, 1.82) is 0 Å². The lowest BCUT2D eigenvalue weighted by Gasteiger charge is -2.25. The highest BCUT2D eigenvalue weighted by molar-refractivity contribution is 5.87. The first-order chi connectivity index (χ1) is 19.8. The topological polar surface area (TPSA) is 163 Å². The Morgan fingerprint density at radius 2 is 1.32 bits per heavy atom.